The van der Waals surface area contributed by atoms with Crippen LogP contribution in [0.4, 0.5) is 0 Å². The van der Waals surface area contributed by atoms with E-state index in [2.05, 4.69) is 52.0 Å². The van der Waals surface area contributed by atoms with Gasteiger partial charge >= 0.3 is 222 Å². The first-order valence-corrected chi connectivity index (χ1v) is 16.6. The molecule has 0 radical (unpaired) electrons. The van der Waals surface area contributed by atoms with E-state index in [-0.39, 0.29) is 6.61 Å². The van der Waals surface area contributed by atoms with Gasteiger partial charge < -0.3 is 0 Å². The summed E-state index contributed by atoms with van der Waals surface area (Å²) in [4.78, 5) is 25.5. The SMILES string of the molecule is CCCCc1cc(C)c(P(O)(O)(OCC)c2c(C)cc(CCCC)cc2CCCC)c(CCCC)c1. The van der Waals surface area contributed by atoms with Crippen LogP contribution < -0.4 is 10.6 Å². The van der Waals surface area contributed by atoms with Crippen LogP contribution in [0.25, 0.3) is 0 Å². The third kappa shape index (κ3) is 7.19. The van der Waals surface area contributed by atoms with E-state index in [4.69, 9.17) is 4.52 Å². The zero-order valence-electron chi connectivity index (χ0n) is 24.3. The minimum absolute atomic E-state index is 0.249. The van der Waals surface area contributed by atoms with Crippen molar-refractivity contribution in [1.29, 1.82) is 0 Å². The monoisotopic (exact) mass is 516 g/mol. The predicted molar refractivity (Wildman–Crippen MR) is 159 cm³/mol. The first-order chi connectivity index (χ1) is 17.1. The van der Waals surface area contributed by atoms with Gasteiger partial charge in [0.05, 0.1) is 0 Å². The van der Waals surface area contributed by atoms with Gasteiger partial charge in [0.15, 0.2) is 0 Å². The molecule has 0 saturated carbocycles. The molecule has 0 heterocycles. The fourth-order valence-electron chi connectivity index (χ4n) is 5.67. The fourth-order valence-corrected chi connectivity index (χ4v) is 9.43. The maximum atomic E-state index is 12.7. The zero-order chi connectivity index (χ0) is 26.8. The van der Waals surface area contributed by atoms with Gasteiger partial charge in [0.1, 0.15) is 0 Å². The molecule has 3 nitrogen and oxygen atoms in total. The number of benzene rings is 2. The molecule has 0 saturated heterocycles. The van der Waals surface area contributed by atoms with E-state index in [1.54, 1.807) is 0 Å². The number of aryl methyl sites for hydroxylation is 6. The molecular weight excluding hydrogens is 463 g/mol. The summed E-state index contributed by atoms with van der Waals surface area (Å²) in [6.07, 6.45) is 12.4. The van der Waals surface area contributed by atoms with Crippen molar-refractivity contribution in [2.45, 2.75) is 126 Å². The Labute approximate surface area is 221 Å². The normalized spacial score (nSPS) is 13.1. The van der Waals surface area contributed by atoms with Gasteiger partial charge in [-0.2, -0.15) is 0 Å². The average molecular weight is 517 g/mol. The van der Waals surface area contributed by atoms with E-state index in [1.165, 1.54) is 11.1 Å². The third-order valence-electron chi connectivity index (χ3n) is 7.30. The number of rotatable bonds is 16. The van der Waals surface area contributed by atoms with Crippen molar-refractivity contribution in [2.75, 3.05) is 6.61 Å². The van der Waals surface area contributed by atoms with Gasteiger partial charge in [0.2, 0.25) is 0 Å². The van der Waals surface area contributed by atoms with Crippen molar-refractivity contribution in [2.24, 2.45) is 0 Å². The summed E-state index contributed by atoms with van der Waals surface area (Å²) in [6, 6.07) is 8.81. The third-order valence-corrected chi connectivity index (χ3v) is 10.9. The molecule has 0 bridgehead atoms. The van der Waals surface area contributed by atoms with Crippen LogP contribution in [0.3, 0.4) is 0 Å². The summed E-state index contributed by atoms with van der Waals surface area (Å²) >= 11 is 0. The van der Waals surface area contributed by atoms with Crippen LogP contribution in [0.5, 0.6) is 0 Å². The van der Waals surface area contributed by atoms with Crippen LogP contribution >= 0.6 is 7.28 Å². The maximum absolute atomic E-state index is 12.7. The van der Waals surface area contributed by atoms with Crippen LogP contribution in [-0.2, 0) is 30.2 Å². The Bertz CT molecular complexity index is 906. The van der Waals surface area contributed by atoms with E-state index in [9.17, 15) is 9.79 Å². The Kier molecular flexibility index (Phi) is 12.1. The Morgan fingerprint density at radius 2 is 0.944 bits per heavy atom. The van der Waals surface area contributed by atoms with Crippen LogP contribution in [-0.4, -0.2) is 16.4 Å². The minimum atomic E-state index is -4.90. The van der Waals surface area contributed by atoms with Crippen molar-refractivity contribution in [3.05, 3.63) is 57.6 Å². The van der Waals surface area contributed by atoms with Crippen molar-refractivity contribution in [3.63, 3.8) is 0 Å². The zero-order valence-corrected chi connectivity index (χ0v) is 25.1. The molecule has 0 spiro atoms. The molecule has 0 amide bonds. The van der Waals surface area contributed by atoms with Gasteiger partial charge in [0, 0.05) is 0 Å². The quantitative estimate of drug-likeness (QED) is 0.223. The van der Waals surface area contributed by atoms with E-state index < -0.39 is 7.28 Å². The van der Waals surface area contributed by atoms with E-state index in [0.717, 1.165) is 99.3 Å². The molecule has 36 heavy (non-hydrogen) atoms. The van der Waals surface area contributed by atoms with Gasteiger partial charge in [-0.1, -0.05) is 0 Å². The van der Waals surface area contributed by atoms with Gasteiger partial charge in [-0.05, 0) is 0 Å². The molecule has 2 aromatic carbocycles. The Hall–Kier alpha value is -1.25. The van der Waals surface area contributed by atoms with E-state index >= 15 is 0 Å². The molecule has 0 atom stereocenters. The number of hydrogen-bond acceptors (Lipinski definition) is 3. The van der Waals surface area contributed by atoms with Gasteiger partial charge in [-0.15, -0.1) is 0 Å². The molecule has 4 heteroatoms. The summed E-state index contributed by atoms with van der Waals surface area (Å²) in [6.45, 7) is 15.0. The molecule has 2 aromatic rings. The first kappa shape index (κ1) is 31.0. The molecule has 0 unspecified atom stereocenters. The average Bonchev–Trinajstić information content (AvgIpc) is 2.82. The predicted octanol–water partition coefficient (Wildman–Crippen LogP) is 7.94. The van der Waals surface area contributed by atoms with Crippen LogP contribution in [0.2, 0.25) is 0 Å². The fraction of sp³-hybridized carbons (Fsp3) is 0.625. The molecule has 2 N–H and O–H groups in total. The second-order valence-corrected chi connectivity index (χ2v) is 13.7. The molecule has 0 fully saturated rings. The second kappa shape index (κ2) is 14.1. The van der Waals surface area contributed by atoms with E-state index in [0.29, 0.717) is 10.6 Å². The van der Waals surface area contributed by atoms with Gasteiger partial charge in [-0.3, -0.25) is 0 Å². The topological polar surface area (TPSA) is 49.7 Å². The van der Waals surface area contributed by atoms with Gasteiger partial charge in [0.25, 0.3) is 0 Å². The molecule has 0 aliphatic heterocycles. The van der Waals surface area contributed by atoms with Crippen molar-refractivity contribution >= 4 is 17.9 Å². The van der Waals surface area contributed by atoms with Crippen molar-refractivity contribution < 1.29 is 14.3 Å². The van der Waals surface area contributed by atoms with Crippen LogP contribution in [0.1, 0.15) is 119 Å². The van der Waals surface area contributed by atoms with Crippen molar-refractivity contribution in [3.8, 4) is 0 Å². The Balaban J connectivity index is 2.88. The molecule has 0 aromatic heterocycles. The van der Waals surface area contributed by atoms with E-state index in [1.807, 2.05) is 20.8 Å². The summed E-state index contributed by atoms with van der Waals surface area (Å²) < 4.78 is 6.28. The summed E-state index contributed by atoms with van der Waals surface area (Å²) in [5.41, 5.74) is 6.57. The molecular formula is C32H53O3P. The standard InChI is InChI=1S/C32H53O3P/c1-8-13-17-27-21-25(6)31(29(23-27)19-15-10-3)36(33,34,35-12-5)32-26(7)22-28(18-14-9-2)24-30(32)20-16-11-4/h21-24,33-34H,8-20H2,1-7H3. The van der Waals surface area contributed by atoms with Crippen LogP contribution in [0, 0.1) is 13.8 Å². The van der Waals surface area contributed by atoms with Crippen LogP contribution in [0.15, 0.2) is 24.3 Å². The second-order valence-electron chi connectivity index (χ2n) is 10.6. The van der Waals surface area contributed by atoms with Crippen molar-refractivity contribution in [1.82, 2.24) is 0 Å². The summed E-state index contributed by atoms with van der Waals surface area (Å²) in [5.74, 6) is 0. The Morgan fingerprint density at radius 1 is 0.583 bits per heavy atom. The summed E-state index contributed by atoms with van der Waals surface area (Å²) in [7, 11) is -4.90. The molecule has 2 rings (SSSR count). The summed E-state index contributed by atoms with van der Waals surface area (Å²) in [5, 5.41) is 1.30. The Morgan fingerprint density at radius 3 is 1.28 bits per heavy atom. The number of hydrogen-bond donors (Lipinski definition) is 2. The van der Waals surface area contributed by atoms with Gasteiger partial charge in [-0.25, -0.2) is 0 Å². The number of unbranched alkanes of at least 4 members (excludes halogenated alkanes) is 4. The molecule has 0 aliphatic carbocycles. The first-order valence-electron chi connectivity index (χ1n) is 14.6. The molecule has 204 valence electrons. The molecule has 0 aliphatic rings.